The lowest BCUT2D eigenvalue weighted by Crippen LogP contribution is -2.52. The molecule has 0 aromatic heterocycles. The lowest BCUT2D eigenvalue weighted by molar-refractivity contribution is -0.138. The standard InChI is InChI=1S/C19H21F3N2O2/c20-19(21,22)16-8-4-7-15(13-16)18(26)24-11-9-23(10-12-24)17(25)14-5-2-1-3-6-14/h1-2,4,7-8,13-14H,3,5-6,9-12H2/t14-/m0/s1. The zero-order valence-electron chi connectivity index (χ0n) is 14.3. The Hall–Kier alpha value is -2.31. The summed E-state index contributed by atoms with van der Waals surface area (Å²) in [6.45, 7) is 1.51. The van der Waals surface area contributed by atoms with Crippen molar-refractivity contribution in [3.8, 4) is 0 Å². The minimum absolute atomic E-state index is 0.00530. The lowest BCUT2D eigenvalue weighted by Gasteiger charge is -2.36. The molecule has 0 radical (unpaired) electrons. The molecule has 0 saturated carbocycles. The van der Waals surface area contributed by atoms with E-state index in [1.807, 2.05) is 6.08 Å². The molecule has 1 aromatic carbocycles. The minimum atomic E-state index is -4.48. The highest BCUT2D eigenvalue weighted by molar-refractivity contribution is 5.94. The second kappa shape index (κ2) is 7.51. The largest absolute Gasteiger partial charge is 0.416 e. The highest BCUT2D eigenvalue weighted by atomic mass is 19.4. The summed E-state index contributed by atoms with van der Waals surface area (Å²) in [5, 5.41) is 0. The fourth-order valence-corrected chi connectivity index (χ4v) is 3.42. The average molecular weight is 366 g/mol. The van der Waals surface area contributed by atoms with Crippen LogP contribution in [0.2, 0.25) is 0 Å². The maximum Gasteiger partial charge on any atom is 0.416 e. The molecule has 0 unspecified atom stereocenters. The molecule has 1 aliphatic carbocycles. The summed E-state index contributed by atoms with van der Waals surface area (Å²) in [6.07, 6.45) is 2.14. The van der Waals surface area contributed by atoms with Crippen molar-refractivity contribution in [1.82, 2.24) is 9.80 Å². The van der Waals surface area contributed by atoms with Crippen molar-refractivity contribution in [3.63, 3.8) is 0 Å². The van der Waals surface area contributed by atoms with Crippen molar-refractivity contribution in [2.75, 3.05) is 26.2 Å². The number of rotatable bonds is 2. The summed E-state index contributed by atoms with van der Waals surface area (Å²) in [6, 6.07) is 4.47. The quantitative estimate of drug-likeness (QED) is 0.753. The number of carbonyl (C=O) groups excluding carboxylic acids is 2. The Morgan fingerprint density at radius 3 is 2.31 bits per heavy atom. The summed E-state index contributed by atoms with van der Waals surface area (Å²) < 4.78 is 38.4. The van der Waals surface area contributed by atoms with Gasteiger partial charge < -0.3 is 9.80 Å². The Labute approximate surface area is 150 Å². The Balaban J connectivity index is 1.60. The summed E-state index contributed by atoms with van der Waals surface area (Å²) in [7, 11) is 0. The van der Waals surface area contributed by atoms with Gasteiger partial charge in [-0.1, -0.05) is 18.2 Å². The van der Waals surface area contributed by atoms with E-state index in [1.165, 1.54) is 17.0 Å². The zero-order valence-corrected chi connectivity index (χ0v) is 14.3. The third kappa shape index (κ3) is 4.08. The van der Waals surface area contributed by atoms with Gasteiger partial charge in [0.2, 0.25) is 5.91 Å². The summed E-state index contributed by atoms with van der Waals surface area (Å²) in [5.41, 5.74) is -0.806. The van der Waals surface area contributed by atoms with Crippen LogP contribution in [0.5, 0.6) is 0 Å². The first-order chi connectivity index (χ1) is 12.4. The Morgan fingerprint density at radius 2 is 1.69 bits per heavy atom. The molecule has 7 heteroatoms. The van der Waals surface area contributed by atoms with Crippen LogP contribution in [0.3, 0.4) is 0 Å². The Kier molecular flexibility index (Phi) is 5.34. The maximum absolute atomic E-state index is 12.8. The molecule has 3 rings (SSSR count). The monoisotopic (exact) mass is 366 g/mol. The minimum Gasteiger partial charge on any atom is -0.339 e. The molecule has 2 amide bonds. The molecular formula is C19H21F3N2O2. The lowest BCUT2D eigenvalue weighted by atomic mass is 9.93. The van der Waals surface area contributed by atoms with Gasteiger partial charge in [0.05, 0.1) is 5.56 Å². The van der Waals surface area contributed by atoms with Crippen LogP contribution in [0, 0.1) is 5.92 Å². The van der Waals surface area contributed by atoms with Gasteiger partial charge in [-0.25, -0.2) is 0 Å². The molecule has 140 valence electrons. The van der Waals surface area contributed by atoms with Crippen LogP contribution in [0.4, 0.5) is 13.2 Å². The Morgan fingerprint density at radius 1 is 1.00 bits per heavy atom. The fourth-order valence-electron chi connectivity index (χ4n) is 3.42. The number of halogens is 3. The average Bonchev–Trinajstić information content (AvgIpc) is 2.67. The van der Waals surface area contributed by atoms with Gasteiger partial charge in [0.1, 0.15) is 0 Å². The van der Waals surface area contributed by atoms with Crippen molar-refractivity contribution in [1.29, 1.82) is 0 Å². The maximum atomic E-state index is 12.8. The number of nitrogens with zero attached hydrogens (tertiary/aromatic N) is 2. The number of hydrogen-bond acceptors (Lipinski definition) is 2. The molecular weight excluding hydrogens is 345 g/mol. The normalized spacial score (nSPS) is 21.0. The van der Waals surface area contributed by atoms with E-state index in [0.717, 1.165) is 31.4 Å². The predicted molar refractivity (Wildman–Crippen MR) is 90.4 cm³/mol. The topological polar surface area (TPSA) is 40.6 Å². The number of allylic oxidation sites excluding steroid dienone is 2. The molecule has 1 atom stereocenters. The number of alkyl halides is 3. The fraction of sp³-hybridized carbons (Fsp3) is 0.474. The van der Waals surface area contributed by atoms with Crippen molar-refractivity contribution in [3.05, 3.63) is 47.5 Å². The Bertz CT molecular complexity index is 707. The van der Waals surface area contributed by atoms with Crippen LogP contribution in [-0.2, 0) is 11.0 Å². The molecule has 1 aliphatic heterocycles. The van der Waals surface area contributed by atoms with Crippen LogP contribution in [0.25, 0.3) is 0 Å². The van der Waals surface area contributed by atoms with Crippen molar-refractivity contribution >= 4 is 11.8 Å². The smallest absolute Gasteiger partial charge is 0.339 e. The molecule has 1 fully saturated rings. The molecule has 4 nitrogen and oxygen atoms in total. The van der Waals surface area contributed by atoms with E-state index in [9.17, 15) is 22.8 Å². The van der Waals surface area contributed by atoms with E-state index < -0.39 is 17.6 Å². The van der Waals surface area contributed by atoms with Crippen LogP contribution in [0.1, 0.15) is 35.2 Å². The number of hydrogen-bond donors (Lipinski definition) is 0. The SMILES string of the molecule is O=C(c1cccc(C(F)(F)F)c1)N1CCN(C(=O)[C@H]2CC=CCC2)CC1. The van der Waals surface area contributed by atoms with Crippen molar-refractivity contribution < 1.29 is 22.8 Å². The molecule has 0 bridgehead atoms. The molecule has 1 saturated heterocycles. The van der Waals surface area contributed by atoms with Gasteiger partial charge in [0.15, 0.2) is 0 Å². The number of amides is 2. The molecule has 1 aromatic rings. The van der Waals surface area contributed by atoms with Crippen LogP contribution in [-0.4, -0.2) is 47.8 Å². The third-order valence-corrected chi connectivity index (χ3v) is 4.93. The summed E-state index contributed by atoms with van der Waals surface area (Å²) >= 11 is 0. The highest BCUT2D eigenvalue weighted by Gasteiger charge is 2.32. The first-order valence-corrected chi connectivity index (χ1v) is 8.76. The van der Waals surface area contributed by atoms with Crippen LogP contribution >= 0.6 is 0 Å². The van der Waals surface area contributed by atoms with Gasteiger partial charge in [-0.2, -0.15) is 13.2 Å². The van der Waals surface area contributed by atoms with E-state index >= 15 is 0 Å². The number of benzene rings is 1. The second-order valence-electron chi connectivity index (χ2n) is 6.68. The van der Waals surface area contributed by atoms with E-state index in [4.69, 9.17) is 0 Å². The molecule has 26 heavy (non-hydrogen) atoms. The van der Waals surface area contributed by atoms with Gasteiger partial charge in [-0.15, -0.1) is 0 Å². The van der Waals surface area contributed by atoms with Gasteiger partial charge in [-0.3, -0.25) is 9.59 Å². The molecule has 2 aliphatic rings. The van der Waals surface area contributed by atoms with Crippen molar-refractivity contribution in [2.45, 2.75) is 25.4 Å². The van der Waals surface area contributed by atoms with Gasteiger partial charge >= 0.3 is 6.18 Å². The van der Waals surface area contributed by atoms with E-state index in [2.05, 4.69) is 6.08 Å². The van der Waals surface area contributed by atoms with E-state index in [0.29, 0.717) is 26.2 Å². The van der Waals surface area contributed by atoms with E-state index in [1.54, 1.807) is 4.90 Å². The number of carbonyl (C=O) groups is 2. The first kappa shape index (κ1) is 18.5. The predicted octanol–water partition coefficient (Wildman–Crippen LogP) is 3.35. The molecule has 0 spiro atoms. The van der Waals surface area contributed by atoms with Crippen LogP contribution < -0.4 is 0 Å². The summed E-state index contributed by atoms with van der Waals surface area (Å²) in [4.78, 5) is 28.3. The van der Waals surface area contributed by atoms with Gasteiger partial charge in [0, 0.05) is 37.7 Å². The van der Waals surface area contributed by atoms with E-state index in [-0.39, 0.29) is 17.4 Å². The second-order valence-corrected chi connectivity index (χ2v) is 6.68. The first-order valence-electron chi connectivity index (χ1n) is 8.76. The molecule has 0 N–H and O–H groups in total. The molecule has 1 heterocycles. The van der Waals surface area contributed by atoms with Gasteiger partial charge in [0.25, 0.3) is 5.91 Å². The van der Waals surface area contributed by atoms with Gasteiger partial charge in [-0.05, 0) is 37.5 Å². The summed E-state index contributed by atoms with van der Waals surface area (Å²) in [5.74, 6) is -0.310. The number of piperazine rings is 1. The highest BCUT2D eigenvalue weighted by Crippen LogP contribution is 2.30. The van der Waals surface area contributed by atoms with Crippen molar-refractivity contribution in [2.24, 2.45) is 5.92 Å². The third-order valence-electron chi connectivity index (χ3n) is 4.93. The zero-order chi connectivity index (χ0) is 18.7. The van der Waals surface area contributed by atoms with Crippen LogP contribution in [0.15, 0.2) is 36.4 Å².